The van der Waals surface area contributed by atoms with E-state index in [1.807, 2.05) is 6.07 Å². The maximum absolute atomic E-state index is 5.32. The highest BCUT2D eigenvalue weighted by molar-refractivity contribution is 6.17. The first kappa shape index (κ1) is 35.8. The van der Waals surface area contributed by atoms with E-state index in [2.05, 4.69) is 213 Å². The van der Waals surface area contributed by atoms with Crippen molar-refractivity contribution in [1.82, 2.24) is 4.57 Å². The molecule has 0 saturated heterocycles. The van der Waals surface area contributed by atoms with Crippen LogP contribution in [0.3, 0.4) is 0 Å². The summed E-state index contributed by atoms with van der Waals surface area (Å²) in [5.41, 5.74) is 18.9. The summed E-state index contributed by atoms with van der Waals surface area (Å²) in [5, 5.41) is 2.46. The number of amidine groups is 1. The van der Waals surface area contributed by atoms with E-state index in [-0.39, 0.29) is 5.41 Å². The minimum atomic E-state index is -0.0281. The van der Waals surface area contributed by atoms with Crippen LogP contribution in [0.2, 0.25) is 0 Å². The second-order valence-corrected chi connectivity index (χ2v) is 16.5. The zero-order valence-corrected chi connectivity index (χ0v) is 33.8. The SMILES string of the molecule is CC1(C)c2ccccc2-c2cc(-c3ccc4c(c3)c3c(-c5cccc(C6=C/CC/C(c7ccccc7)=N/C(c7ccccc7)=N\6)c5)cccc3n4-c3ccccc3)ccc21. The smallest absolute Gasteiger partial charge is 0.160 e. The average molecular weight is 770 g/mol. The van der Waals surface area contributed by atoms with Gasteiger partial charge in [0.05, 0.1) is 22.4 Å². The van der Waals surface area contributed by atoms with Crippen LogP contribution in [0.15, 0.2) is 210 Å². The molecule has 0 saturated carbocycles. The highest BCUT2D eigenvalue weighted by Gasteiger charge is 2.35. The van der Waals surface area contributed by atoms with Gasteiger partial charge in [0, 0.05) is 33.0 Å². The number of benzene rings is 8. The molecule has 0 spiro atoms. The van der Waals surface area contributed by atoms with E-state index in [0.717, 1.165) is 58.0 Å². The third kappa shape index (κ3) is 6.05. The number of allylic oxidation sites excluding steroid dienone is 1. The molecule has 0 atom stereocenters. The lowest BCUT2D eigenvalue weighted by Gasteiger charge is -2.21. The van der Waals surface area contributed by atoms with Gasteiger partial charge in [-0.1, -0.05) is 172 Å². The summed E-state index contributed by atoms with van der Waals surface area (Å²) in [5.74, 6) is 0.727. The Morgan fingerprint density at radius 2 is 1.08 bits per heavy atom. The predicted molar refractivity (Wildman–Crippen MR) is 252 cm³/mol. The Balaban J connectivity index is 1.07. The van der Waals surface area contributed by atoms with Crippen molar-refractivity contribution in [2.45, 2.75) is 32.1 Å². The minimum Gasteiger partial charge on any atom is -0.309 e. The Labute approximate surface area is 351 Å². The van der Waals surface area contributed by atoms with Gasteiger partial charge in [0.15, 0.2) is 5.84 Å². The van der Waals surface area contributed by atoms with Crippen LogP contribution in [0.25, 0.3) is 66.6 Å². The van der Waals surface area contributed by atoms with Gasteiger partial charge in [0.1, 0.15) is 0 Å². The molecule has 11 rings (SSSR count). The van der Waals surface area contributed by atoms with Crippen LogP contribution in [0.5, 0.6) is 0 Å². The van der Waals surface area contributed by atoms with E-state index in [4.69, 9.17) is 9.98 Å². The van der Waals surface area contributed by atoms with Gasteiger partial charge in [-0.2, -0.15) is 0 Å². The van der Waals surface area contributed by atoms with Crippen molar-refractivity contribution < 1.29 is 0 Å². The molecule has 2 aliphatic rings. The number of hydrogen-bond acceptors (Lipinski definition) is 2. The highest BCUT2D eigenvalue weighted by atomic mass is 15.0. The van der Waals surface area contributed by atoms with Crippen molar-refractivity contribution in [2.24, 2.45) is 9.98 Å². The van der Waals surface area contributed by atoms with Gasteiger partial charge in [0.2, 0.25) is 0 Å². The van der Waals surface area contributed by atoms with Crippen LogP contribution in [-0.4, -0.2) is 16.1 Å². The molecule has 1 aromatic heterocycles. The van der Waals surface area contributed by atoms with E-state index < -0.39 is 0 Å². The number of aromatic nitrogens is 1. The molecule has 0 unspecified atom stereocenters. The Bertz CT molecular complexity index is 3200. The van der Waals surface area contributed by atoms with Gasteiger partial charge in [-0.3, -0.25) is 0 Å². The van der Waals surface area contributed by atoms with Crippen molar-refractivity contribution in [1.29, 1.82) is 0 Å². The molecule has 9 aromatic rings. The Hall–Kier alpha value is -7.36. The summed E-state index contributed by atoms with van der Waals surface area (Å²) in [6.07, 6.45) is 3.95. The van der Waals surface area contributed by atoms with E-state index in [9.17, 15) is 0 Å². The molecule has 0 bridgehead atoms. The van der Waals surface area contributed by atoms with Crippen molar-refractivity contribution >= 4 is 39.1 Å². The zero-order valence-electron chi connectivity index (χ0n) is 33.8. The fourth-order valence-corrected chi connectivity index (χ4v) is 9.54. The standard InChI is InChI=1S/C57H43N3/c1-57(2)49-27-13-12-25-46(49)47-36-40(31-33-50(47)57)41-32-34-53-48(37-41)55-45(26-15-30-54(55)60(53)44-23-10-5-11-24-44)42-21-14-22-43(35-42)52-29-16-28-51(38-17-6-3-7-18-38)58-56(59-52)39-19-8-4-9-20-39/h3-15,17-27,29-37H,16,28H2,1-2H3/b52-29-,58-51-,59-56-. The summed E-state index contributed by atoms with van der Waals surface area (Å²) in [6.45, 7) is 4.69. The van der Waals surface area contributed by atoms with Crippen LogP contribution >= 0.6 is 0 Å². The third-order valence-corrected chi connectivity index (χ3v) is 12.5. The zero-order chi connectivity index (χ0) is 40.2. The lowest BCUT2D eigenvalue weighted by molar-refractivity contribution is 0.660. The van der Waals surface area contributed by atoms with Gasteiger partial charge in [0.25, 0.3) is 0 Å². The molecule has 1 aliphatic heterocycles. The molecule has 3 nitrogen and oxygen atoms in total. The van der Waals surface area contributed by atoms with Crippen molar-refractivity contribution in [2.75, 3.05) is 0 Å². The van der Waals surface area contributed by atoms with Crippen LogP contribution in [-0.2, 0) is 5.41 Å². The molecule has 1 aliphatic carbocycles. The molecule has 3 heteroatoms. The first-order chi connectivity index (χ1) is 29.5. The lowest BCUT2D eigenvalue weighted by Crippen LogP contribution is -2.14. The van der Waals surface area contributed by atoms with Crippen LogP contribution in [0.1, 0.15) is 54.5 Å². The van der Waals surface area contributed by atoms with Gasteiger partial charge in [-0.05, 0) is 105 Å². The number of hydrogen-bond donors (Lipinski definition) is 0. The topological polar surface area (TPSA) is 29.6 Å². The summed E-state index contributed by atoms with van der Waals surface area (Å²) in [6, 6.07) is 70.2. The average Bonchev–Trinajstić information content (AvgIpc) is 3.75. The number of para-hydroxylation sites is 1. The summed E-state index contributed by atoms with van der Waals surface area (Å²) in [4.78, 5) is 10.6. The first-order valence-corrected chi connectivity index (χ1v) is 21.0. The quantitative estimate of drug-likeness (QED) is 0.161. The molecule has 8 aromatic carbocycles. The van der Waals surface area contributed by atoms with Gasteiger partial charge in [-0.25, -0.2) is 9.98 Å². The van der Waals surface area contributed by atoms with Crippen molar-refractivity contribution in [3.05, 3.63) is 228 Å². The van der Waals surface area contributed by atoms with Crippen LogP contribution in [0, 0.1) is 0 Å². The molecule has 60 heavy (non-hydrogen) atoms. The minimum absolute atomic E-state index is 0.0281. The monoisotopic (exact) mass is 769 g/mol. The number of nitrogens with zero attached hydrogens (tertiary/aromatic N) is 3. The van der Waals surface area contributed by atoms with Crippen LogP contribution < -0.4 is 0 Å². The fraction of sp³-hybridized carbons (Fsp3) is 0.0877. The number of aliphatic imine (C=N–C) groups is 2. The van der Waals surface area contributed by atoms with E-state index in [0.29, 0.717) is 0 Å². The molecular formula is C57H43N3. The predicted octanol–water partition coefficient (Wildman–Crippen LogP) is 14.5. The molecule has 286 valence electrons. The van der Waals surface area contributed by atoms with Crippen LogP contribution in [0.4, 0.5) is 0 Å². The van der Waals surface area contributed by atoms with E-state index in [1.165, 1.54) is 60.8 Å². The normalized spacial score (nSPS) is 17.1. The maximum atomic E-state index is 5.32. The van der Waals surface area contributed by atoms with Gasteiger partial charge < -0.3 is 4.57 Å². The first-order valence-electron chi connectivity index (χ1n) is 21.0. The largest absolute Gasteiger partial charge is 0.309 e. The van der Waals surface area contributed by atoms with Crippen molar-refractivity contribution in [3.63, 3.8) is 0 Å². The Kier molecular flexibility index (Phi) is 8.63. The van der Waals surface area contributed by atoms with E-state index >= 15 is 0 Å². The third-order valence-electron chi connectivity index (χ3n) is 12.5. The number of fused-ring (bicyclic) bond motifs is 6. The van der Waals surface area contributed by atoms with E-state index in [1.54, 1.807) is 0 Å². The maximum Gasteiger partial charge on any atom is 0.160 e. The molecule has 2 heterocycles. The second kappa shape index (κ2) is 14.5. The summed E-state index contributed by atoms with van der Waals surface area (Å²) in [7, 11) is 0. The van der Waals surface area contributed by atoms with Crippen molar-refractivity contribution in [3.8, 4) is 39.1 Å². The highest BCUT2D eigenvalue weighted by Crippen LogP contribution is 2.50. The molecule has 0 radical (unpaired) electrons. The Morgan fingerprint density at radius 1 is 0.450 bits per heavy atom. The second-order valence-electron chi connectivity index (χ2n) is 16.5. The fourth-order valence-electron chi connectivity index (χ4n) is 9.54. The summed E-state index contributed by atoms with van der Waals surface area (Å²) >= 11 is 0. The molecule has 0 fully saturated rings. The molecular weight excluding hydrogens is 727 g/mol. The Morgan fingerprint density at radius 3 is 1.90 bits per heavy atom. The lowest BCUT2D eigenvalue weighted by atomic mass is 9.82. The molecule has 0 N–H and O–H groups in total. The van der Waals surface area contributed by atoms with Gasteiger partial charge >= 0.3 is 0 Å². The number of rotatable bonds is 6. The van der Waals surface area contributed by atoms with Gasteiger partial charge in [-0.15, -0.1) is 0 Å². The molecule has 0 amide bonds. The summed E-state index contributed by atoms with van der Waals surface area (Å²) < 4.78 is 2.42.